The first-order valence-corrected chi connectivity index (χ1v) is 12.7. The van der Waals surface area contributed by atoms with Crippen molar-refractivity contribution in [1.82, 2.24) is 0 Å². The first-order valence-electron chi connectivity index (χ1n) is 12.7. The first kappa shape index (κ1) is 24.5. The highest BCUT2D eigenvalue weighted by Crippen LogP contribution is 2.24. The van der Waals surface area contributed by atoms with E-state index in [1.165, 1.54) is 36.0 Å². The van der Waals surface area contributed by atoms with Crippen molar-refractivity contribution >= 4 is 10.8 Å². The zero-order valence-electron chi connectivity index (χ0n) is 20.8. The van der Waals surface area contributed by atoms with Crippen LogP contribution in [-0.4, -0.2) is 0 Å². The molecule has 0 unspecified atom stereocenters. The molecule has 0 radical (unpaired) electrons. The van der Waals surface area contributed by atoms with Crippen molar-refractivity contribution in [2.45, 2.75) is 52.4 Å². The van der Waals surface area contributed by atoms with Gasteiger partial charge in [-0.05, 0) is 78.4 Å². The smallest absolute Gasteiger partial charge is 0.146 e. The molecule has 0 fully saturated rings. The van der Waals surface area contributed by atoms with Gasteiger partial charge in [0.05, 0.1) is 5.56 Å². The summed E-state index contributed by atoms with van der Waals surface area (Å²) in [7, 11) is 0. The van der Waals surface area contributed by atoms with E-state index in [2.05, 4.69) is 73.4 Å². The fourth-order valence-electron chi connectivity index (χ4n) is 4.34. The molecular formula is C34H33F. The van der Waals surface area contributed by atoms with E-state index >= 15 is 4.39 Å². The molecule has 4 aromatic carbocycles. The molecule has 0 amide bonds. The topological polar surface area (TPSA) is 0 Å². The monoisotopic (exact) mass is 460 g/mol. The summed E-state index contributed by atoms with van der Waals surface area (Å²) in [6.07, 6.45) is 11.1. The van der Waals surface area contributed by atoms with E-state index in [0.717, 1.165) is 35.8 Å². The number of hydrogen-bond donors (Lipinski definition) is 0. The molecule has 0 bridgehead atoms. The minimum atomic E-state index is -0.245. The fraction of sp³-hybridized carbons (Fsp3) is 0.235. The molecule has 0 spiro atoms. The number of fused-ring (bicyclic) bond motifs is 1. The third-order valence-electron chi connectivity index (χ3n) is 6.44. The second kappa shape index (κ2) is 12.2. The van der Waals surface area contributed by atoms with Crippen LogP contribution >= 0.6 is 0 Å². The van der Waals surface area contributed by atoms with Gasteiger partial charge < -0.3 is 0 Å². The van der Waals surface area contributed by atoms with Gasteiger partial charge in [-0.2, -0.15) is 0 Å². The summed E-state index contributed by atoms with van der Waals surface area (Å²) >= 11 is 0. The minimum Gasteiger partial charge on any atom is -0.205 e. The van der Waals surface area contributed by atoms with Crippen molar-refractivity contribution in [3.05, 3.63) is 119 Å². The quantitative estimate of drug-likeness (QED) is 0.140. The van der Waals surface area contributed by atoms with E-state index in [1.54, 1.807) is 6.07 Å². The van der Waals surface area contributed by atoms with Gasteiger partial charge in [0, 0.05) is 10.9 Å². The van der Waals surface area contributed by atoms with Gasteiger partial charge in [-0.3, -0.25) is 0 Å². The van der Waals surface area contributed by atoms with Crippen LogP contribution in [0.5, 0.6) is 0 Å². The molecule has 4 rings (SSSR count). The summed E-state index contributed by atoms with van der Waals surface area (Å²) in [5.74, 6) is 5.92. The number of allylic oxidation sites excluding steroid dienone is 2. The van der Waals surface area contributed by atoms with Crippen LogP contribution in [0.1, 0.15) is 61.8 Å². The van der Waals surface area contributed by atoms with Crippen molar-refractivity contribution in [2.75, 3.05) is 0 Å². The highest BCUT2D eigenvalue weighted by molar-refractivity contribution is 5.85. The van der Waals surface area contributed by atoms with Gasteiger partial charge in [0.15, 0.2) is 0 Å². The Bertz CT molecular complexity index is 1350. The van der Waals surface area contributed by atoms with E-state index < -0.39 is 0 Å². The Labute approximate surface area is 209 Å². The number of rotatable bonds is 8. The predicted octanol–water partition coefficient (Wildman–Crippen LogP) is 9.29. The average molecular weight is 461 g/mol. The highest BCUT2D eigenvalue weighted by Gasteiger charge is 2.06. The normalized spacial score (nSPS) is 11.1. The molecule has 35 heavy (non-hydrogen) atoms. The maximum atomic E-state index is 15.1. The van der Waals surface area contributed by atoms with Gasteiger partial charge in [-0.1, -0.05) is 104 Å². The maximum Gasteiger partial charge on any atom is 0.146 e. The van der Waals surface area contributed by atoms with Gasteiger partial charge in [-0.15, -0.1) is 0 Å². The van der Waals surface area contributed by atoms with Crippen molar-refractivity contribution in [3.8, 4) is 23.0 Å². The number of halogens is 1. The Hall–Kier alpha value is -3.63. The van der Waals surface area contributed by atoms with Crippen molar-refractivity contribution < 1.29 is 4.39 Å². The lowest BCUT2D eigenvalue weighted by molar-refractivity contribution is 0.636. The lowest BCUT2D eigenvalue weighted by Crippen LogP contribution is -1.89. The second-order valence-electron chi connectivity index (χ2n) is 9.07. The van der Waals surface area contributed by atoms with Crippen molar-refractivity contribution in [2.24, 2.45) is 0 Å². The number of aryl methyl sites for hydroxylation is 2. The Morgan fingerprint density at radius 3 is 2.17 bits per heavy atom. The van der Waals surface area contributed by atoms with Crippen LogP contribution in [0.15, 0.2) is 91.0 Å². The molecule has 0 heterocycles. The number of hydrogen-bond acceptors (Lipinski definition) is 0. The van der Waals surface area contributed by atoms with Crippen LogP contribution in [0.25, 0.3) is 21.9 Å². The second-order valence-corrected chi connectivity index (χ2v) is 9.07. The molecule has 0 saturated heterocycles. The van der Waals surface area contributed by atoms with Gasteiger partial charge >= 0.3 is 0 Å². The molecule has 4 aromatic rings. The molecule has 0 saturated carbocycles. The van der Waals surface area contributed by atoms with E-state index in [4.69, 9.17) is 0 Å². The average Bonchev–Trinajstić information content (AvgIpc) is 2.89. The Morgan fingerprint density at radius 1 is 0.743 bits per heavy atom. The number of unbranched alkanes of at least 4 members (excludes halogenated alkanes) is 2. The predicted molar refractivity (Wildman–Crippen MR) is 148 cm³/mol. The zero-order valence-corrected chi connectivity index (χ0v) is 20.8. The highest BCUT2D eigenvalue weighted by atomic mass is 19.1. The Morgan fingerprint density at radius 2 is 1.46 bits per heavy atom. The molecule has 0 nitrogen and oxygen atoms in total. The summed E-state index contributed by atoms with van der Waals surface area (Å²) in [6.45, 7) is 4.26. The Balaban J connectivity index is 1.46. The van der Waals surface area contributed by atoms with Crippen molar-refractivity contribution in [3.63, 3.8) is 0 Å². The standard InChI is InChI=1S/C34H33F/c1-3-5-7-9-26-11-17-29(18-12-26)30-19-13-27(14-20-30)15-21-31-22-23-32-25-28(10-8-6-4-2)16-24-33(32)34(31)35/h4,6,11-14,16-20,22-25H,3,5,7-10H2,1-2H3/b6-4+. The van der Waals surface area contributed by atoms with E-state index in [1.807, 2.05) is 37.3 Å². The summed E-state index contributed by atoms with van der Waals surface area (Å²) in [4.78, 5) is 0. The summed E-state index contributed by atoms with van der Waals surface area (Å²) in [6, 6.07) is 26.8. The van der Waals surface area contributed by atoms with Crippen molar-refractivity contribution in [1.29, 1.82) is 0 Å². The SMILES string of the molecule is C/C=C/CCc1ccc2c(F)c(C#Cc3ccc(-c4ccc(CCCCC)cc4)cc3)ccc2c1. The van der Waals surface area contributed by atoms with Gasteiger partial charge in [0.25, 0.3) is 0 Å². The lowest BCUT2D eigenvalue weighted by atomic mass is 10.00. The van der Waals surface area contributed by atoms with Crippen LogP contribution < -0.4 is 0 Å². The molecule has 0 atom stereocenters. The molecule has 0 aromatic heterocycles. The summed E-state index contributed by atoms with van der Waals surface area (Å²) in [5.41, 5.74) is 6.30. The molecule has 0 aliphatic carbocycles. The maximum absolute atomic E-state index is 15.1. The molecular weight excluding hydrogens is 427 g/mol. The number of benzene rings is 4. The van der Waals surface area contributed by atoms with Crippen LogP contribution in [0.4, 0.5) is 4.39 Å². The van der Waals surface area contributed by atoms with Crippen LogP contribution in [0, 0.1) is 17.7 Å². The van der Waals surface area contributed by atoms with Crippen LogP contribution in [0.3, 0.4) is 0 Å². The van der Waals surface area contributed by atoms with Crippen LogP contribution in [-0.2, 0) is 12.8 Å². The van der Waals surface area contributed by atoms with Gasteiger partial charge in [0.2, 0.25) is 0 Å². The lowest BCUT2D eigenvalue weighted by Gasteiger charge is -2.05. The summed E-state index contributed by atoms with van der Waals surface area (Å²) in [5, 5.41) is 1.55. The largest absolute Gasteiger partial charge is 0.205 e. The first-order chi connectivity index (χ1) is 17.2. The van der Waals surface area contributed by atoms with E-state index in [9.17, 15) is 0 Å². The third kappa shape index (κ3) is 6.49. The Kier molecular flexibility index (Phi) is 8.53. The van der Waals surface area contributed by atoms with Crippen LogP contribution in [0.2, 0.25) is 0 Å². The van der Waals surface area contributed by atoms with E-state index in [0.29, 0.717) is 10.9 Å². The van der Waals surface area contributed by atoms with Gasteiger partial charge in [-0.25, -0.2) is 4.39 Å². The molecule has 0 N–H and O–H groups in total. The summed E-state index contributed by atoms with van der Waals surface area (Å²) < 4.78 is 15.1. The zero-order chi connectivity index (χ0) is 24.5. The fourth-order valence-corrected chi connectivity index (χ4v) is 4.34. The molecule has 1 heteroatoms. The van der Waals surface area contributed by atoms with E-state index in [-0.39, 0.29) is 5.82 Å². The molecule has 0 aliphatic rings. The molecule has 176 valence electrons. The molecule has 0 aliphatic heterocycles. The minimum absolute atomic E-state index is 0.245. The van der Waals surface area contributed by atoms with Gasteiger partial charge in [0.1, 0.15) is 5.82 Å². The third-order valence-corrected chi connectivity index (χ3v) is 6.44.